The topological polar surface area (TPSA) is 78.9 Å². The van der Waals surface area contributed by atoms with E-state index in [0.29, 0.717) is 5.75 Å². The van der Waals surface area contributed by atoms with E-state index in [1.165, 1.54) is 45.6 Å². The number of hydrogen-bond acceptors (Lipinski definition) is 6. The Balaban J connectivity index is 2.15. The van der Waals surface area contributed by atoms with Crippen molar-refractivity contribution < 1.29 is 28.4 Å². The molecule has 1 unspecified atom stereocenters. The van der Waals surface area contributed by atoms with Crippen LogP contribution < -0.4 is 19.5 Å². The molecule has 0 spiro atoms. The number of carbonyl (C=O) groups is 2. The molecule has 32 heavy (non-hydrogen) atoms. The van der Waals surface area contributed by atoms with E-state index in [2.05, 4.69) is 0 Å². The van der Waals surface area contributed by atoms with Crippen molar-refractivity contribution in [1.82, 2.24) is 0 Å². The van der Waals surface area contributed by atoms with Crippen molar-refractivity contribution in [3.8, 4) is 17.2 Å². The molecule has 0 bridgehead atoms. The molecule has 0 amide bonds. The molecule has 0 N–H and O–H groups in total. The first-order valence-electron chi connectivity index (χ1n) is 9.24. The molecule has 0 radical (unpaired) electrons. The number of ketones is 1. The Bertz CT molecular complexity index is 1200. The molecule has 1 atom stereocenters. The number of ether oxygens (including phenoxy) is 3. The summed E-state index contributed by atoms with van der Waals surface area (Å²) in [6, 6.07) is 13.8. The predicted molar refractivity (Wildman–Crippen MR) is 124 cm³/mol. The Morgan fingerprint density at radius 1 is 0.750 bits per heavy atom. The first kappa shape index (κ1) is 23.7. The highest BCUT2D eigenvalue weighted by molar-refractivity contribution is 7.71. The third-order valence-electron chi connectivity index (χ3n) is 4.68. The third-order valence-corrected chi connectivity index (χ3v) is 6.73. The van der Waals surface area contributed by atoms with Crippen molar-refractivity contribution in [3.05, 3.63) is 81.3 Å². The second-order valence-electron chi connectivity index (χ2n) is 6.42. The summed E-state index contributed by atoms with van der Waals surface area (Å²) in [4.78, 5) is 26.6. The van der Waals surface area contributed by atoms with Gasteiger partial charge in [-0.25, -0.2) is 4.79 Å². The Morgan fingerprint density at radius 3 is 1.94 bits per heavy atom. The number of hydrogen-bond donors (Lipinski definition) is 0. The van der Waals surface area contributed by atoms with E-state index >= 15 is 0 Å². The Kier molecular flexibility index (Phi) is 7.52. The monoisotopic (exact) mass is 491 g/mol. The van der Waals surface area contributed by atoms with Crippen LogP contribution in [-0.2, 0) is 4.57 Å². The van der Waals surface area contributed by atoms with E-state index in [0.717, 1.165) is 0 Å². The zero-order chi connectivity index (χ0) is 23.4. The zero-order valence-electron chi connectivity index (χ0n) is 17.3. The molecule has 3 aromatic carbocycles. The van der Waals surface area contributed by atoms with E-state index in [-0.39, 0.29) is 43.5 Å². The second kappa shape index (κ2) is 10.1. The first-order chi connectivity index (χ1) is 15.3. The molecule has 9 heteroatoms. The smallest absolute Gasteiger partial charge is 0.459 e. The summed E-state index contributed by atoms with van der Waals surface area (Å²) in [5, 5.41) is 0.192. The van der Waals surface area contributed by atoms with Gasteiger partial charge in [-0.3, -0.25) is 4.79 Å². The van der Waals surface area contributed by atoms with E-state index in [9.17, 15) is 14.2 Å². The van der Waals surface area contributed by atoms with E-state index in [1.54, 1.807) is 30.3 Å². The van der Waals surface area contributed by atoms with Crippen LogP contribution in [0.25, 0.3) is 0 Å². The minimum atomic E-state index is -2.72. The summed E-state index contributed by atoms with van der Waals surface area (Å²) in [7, 11) is 1.52. The van der Waals surface area contributed by atoms with Crippen LogP contribution in [0.3, 0.4) is 0 Å². The van der Waals surface area contributed by atoms with Gasteiger partial charge in [-0.1, -0.05) is 46.0 Å². The van der Waals surface area contributed by atoms with Crippen LogP contribution in [0.2, 0.25) is 10.0 Å². The van der Waals surface area contributed by atoms with Crippen LogP contribution in [0.1, 0.15) is 26.3 Å². The molecule has 0 saturated heterocycles. The van der Waals surface area contributed by atoms with E-state index in [1.807, 2.05) is 0 Å². The second-order valence-corrected chi connectivity index (χ2v) is 8.71. The van der Waals surface area contributed by atoms with Gasteiger partial charge in [-0.2, -0.15) is 0 Å². The highest BCUT2D eigenvalue weighted by atomic mass is 35.5. The van der Waals surface area contributed by atoms with Gasteiger partial charge in [0.2, 0.25) is 11.1 Å². The summed E-state index contributed by atoms with van der Waals surface area (Å²) in [6.45, 7) is 0. The maximum absolute atomic E-state index is 13.6. The van der Waals surface area contributed by atoms with Gasteiger partial charge < -0.3 is 14.2 Å². The molecule has 164 valence electrons. The van der Waals surface area contributed by atoms with Gasteiger partial charge in [-0.05, 0) is 36.4 Å². The standard InChI is InChI=1S/C23H18Cl2O6P/c1-29-16-11-12-17(30-2)22(31-3)20(16)21(26)13-7-4-5-10-18(13)32(28)23(27)19-14(24)8-6-9-15(19)25/h4-12H,1-3H3/q+1. The van der Waals surface area contributed by atoms with Crippen LogP contribution >= 0.6 is 31.0 Å². The lowest BCUT2D eigenvalue weighted by molar-refractivity contribution is 0.103. The zero-order valence-corrected chi connectivity index (χ0v) is 19.8. The quantitative estimate of drug-likeness (QED) is 0.304. The van der Waals surface area contributed by atoms with E-state index < -0.39 is 19.1 Å². The van der Waals surface area contributed by atoms with E-state index in [4.69, 9.17) is 37.4 Å². The average molecular weight is 492 g/mol. The molecule has 3 rings (SSSR count). The van der Waals surface area contributed by atoms with Crippen molar-refractivity contribution in [1.29, 1.82) is 0 Å². The van der Waals surface area contributed by atoms with Crippen molar-refractivity contribution >= 4 is 47.6 Å². The average Bonchev–Trinajstić information content (AvgIpc) is 2.81. The fraction of sp³-hybridized carbons (Fsp3) is 0.130. The number of carbonyl (C=O) groups excluding carboxylic acids is 2. The van der Waals surface area contributed by atoms with Crippen molar-refractivity contribution in [2.45, 2.75) is 0 Å². The largest absolute Gasteiger partial charge is 0.496 e. The minimum Gasteiger partial charge on any atom is -0.496 e. The highest BCUT2D eigenvalue weighted by Crippen LogP contribution is 2.40. The fourth-order valence-corrected chi connectivity index (χ4v) is 5.16. The van der Waals surface area contributed by atoms with Crippen LogP contribution in [0.5, 0.6) is 17.2 Å². The van der Waals surface area contributed by atoms with Gasteiger partial charge in [0.1, 0.15) is 16.9 Å². The predicted octanol–water partition coefficient (Wildman–Crippen LogP) is 5.54. The van der Waals surface area contributed by atoms with Gasteiger partial charge >= 0.3 is 13.3 Å². The molecule has 0 heterocycles. The molecular weight excluding hydrogens is 474 g/mol. The van der Waals surface area contributed by atoms with Crippen molar-refractivity contribution in [2.24, 2.45) is 0 Å². The van der Waals surface area contributed by atoms with Gasteiger partial charge in [0.05, 0.1) is 36.9 Å². The molecule has 0 aliphatic rings. The van der Waals surface area contributed by atoms with Gasteiger partial charge in [0, 0.05) is 0 Å². The fourth-order valence-electron chi connectivity index (χ4n) is 3.18. The van der Waals surface area contributed by atoms with Crippen LogP contribution in [0.15, 0.2) is 54.6 Å². The lowest BCUT2D eigenvalue weighted by atomic mass is 10.0. The molecule has 0 aromatic heterocycles. The van der Waals surface area contributed by atoms with Crippen LogP contribution in [-0.4, -0.2) is 32.6 Å². The Morgan fingerprint density at radius 2 is 1.34 bits per heavy atom. The summed E-state index contributed by atoms with van der Waals surface area (Å²) in [6.07, 6.45) is 0. The molecule has 0 aliphatic carbocycles. The molecular formula is C23H18Cl2O6P+. The molecule has 3 aromatic rings. The molecule has 0 aliphatic heterocycles. The maximum atomic E-state index is 13.6. The number of rotatable bonds is 8. The normalized spacial score (nSPS) is 11.0. The maximum Gasteiger partial charge on any atom is 0.459 e. The summed E-state index contributed by atoms with van der Waals surface area (Å²) >= 11 is 12.2. The molecule has 6 nitrogen and oxygen atoms in total. The number of methoxy groups -OCH3 is 3. The minimum absolute atomic E-state index is 0.0420. The van der Waals surface area contributed by atoms with Gasteiger partial charge in [-0.15, -0.1) is 0 Å². The SMILES string of the molecule is COc1ccc(OC)c(C(=O)c2ccccc2[P+](=O)C(=O)c2c(Cl)cccc2Cl)c1OC. The summed E-state index contributed by atoms with van der Waals surface area (Å²) in [5.41, 5.74) is -0.709. The van der Waals surface area contributed by atoms with Crippen molar-refractivity contribution in [2.75, 3.05) is 21.3 Å². The van der Waals surface area contributed by atoms with Gasteiger partial charge in [0.15, 0.2) is 11.5 Å². The summed E-state index contributed by atoms with van der Waals surface area (Å²) in [5.74, 6) is 0.160. The third kappa shape index (κ3) is 4.35. The van der Waals surface area contributed by atoms with Crippen LogP contribution in [0, 0.1) is 0 Å². The lowest BCUT2D eigenvalue weighted by Crippen LogP contribution is -2.17. The number of halogens is 2. The Labute approximate surface area is 195 Å². The first-order valence-corrected chi connectivity index (χ1v) is 11.3. The highest BCUT2D eigenvalue weighted by Gasteiger charge is 2.40. The lowest BCUT2D eigenvalue weighted by Gasteiger charge is -2.15. The Hall–Kier alpha value is -2.92. The molecule has 0 saturated carbocycles. The summed E-state index contributed by atoms with van der Waals surface area (Å²) < 4.78 is 29.3. The number of benzene rings is 3. The molecule has 0 fully saturated rings. The van der Waals surface area contributed by atoms with Gasteiger partial charge in [0.25, 0.3) is 0 Å². The van der Waals surface area contributed by atoms with Crippen molar-refractivity contribution in [3.63, 3.8) is 0 Å². The van der Waals surface area contributed by atoms with Crippen LogP contribution in [0.4, 0.5) is 0 Å².